The molecule has 0 radical (unpaired) electrons. The van der Waals surface area contributed by atoms with Gasteiger partial charge in [-0.05, 0) is 86.2 Å². The average molecular weight is 829 g/mol. The maximum Gasteiger partial charge on any atom is 0.269 e. The Hall–Kier alpha value is -7.80. The van der Waals surface area contributed by atoms with Crippen LogP contribution in [0.4, 0.5) is 0 Å². The summed E-state index contributed by atoms with van der Waals surface area (Å²) < 4.78 is 152. The maximum absolute atomic E-state index is 9.03. The number of imidazole rings is 1. The summed E-state index contributed by atoms with van der Waals surface area (Å²) in [6, 6.07) is 35.2. The summed E-state index contributed by atoms with van der Waals surface area (Å²) in [7, 11) is -4.50. The highest BCUT2D eigenvalue weighted by atomic mass is 28.3. The van der Waals surface area contributed by atoms with Crippen LogP contribution in [-0.4, -0.2) is 22.2 Å². The van der Waals surface area contributed by atoms with Crippen molar-refractivity contribution < 1.29 is 31.2 Å². The lowest BCUT2D eigenvalue weighted by molar-refractivity contribution is -0.571. The highest BCUT2D eigenvalue weighted by Gasteiger charge is 2.38. The van der Waals surface area contributed by atoms with E-state index in [1.165, 1.54) is 0 Å². The maximum atomic E-state index is 9.03. The number of aromatic nitrogens is 4. The summed E-state index contributed by atoms with van der Waals surface area (Å²) in [6.45, 7) is -5.68. The fourth-order valence-electron chi connectivity index (χ4n) is 8.74. The average Bonchev–Trinajstić information content (AvgIpc) is 4.15. The normalized spacial score (nSPS) is 16.9. The van der Waals surface area contributed by atoms with E-state index in [4.69, 9.17) is 31.7 Å². The Morgan fingerprint density at radius 1 is 0.581 bits per heavy atom. The molecule has 62 heavy (non-hydrogen) atoms. The topological polar surface area (TPSA) is 35.9 Å². The second-order valence-electron chi connectivity index (χ2n) is 15.0. The summed E-state index contributed by atoms with van der Waals surface area (Å²) in [4.78, 5) is 4.90. The molecular weight excluding hydrogens is 773 g/mol. The quantitative estimate of drug-likeness (QED) is 0.0911. The number of ether oxygens (including phenoxy) is 1. The number of nitrogens with zero attached hydrogens (tertiary/aromatic N) is 4. The predicted molar refractivity (Wildman–Crippen MR) is 255 cm³/mol. The molecule has 0 saturated heterocycles. The number of benzene rings is 8. The van der Waals surface area contributed by atoms with E-state index in [2.05, 4.69) is 6.33 Å². The second-order valence-corrected chi connectivity index (χ2v) is 17.6. The molecule has 0 atom stereocenters. The van der Waals surface area contributed by atoms with Gasteiger partial charge in [0.1, 0.15) is 25.4 Å². The molecule has 5 nitrogen and oxygen atoms in total. The first kappa shape index (κ1) is 23.3. The smallest absolute Gasteiger partial charge is 0.269 e. The van der Waals surface area contributed by atoms with E-state index in [-0.39, 0.29) is 33.1 Å². The minimum absolute atomic E-state index is 0.112. The van der Waals surface area contributed by atoms with Gasteiger partial charge in [-0.25, -0.2) is 4.98 Å². The number of para-hydroxylation sites is 4. The minimum atomic E-state index is -4.50. The Morgan fingerprint density at radius 2 is 1.24 bits per heavy atom. The zero-order valence-corrected chi connectivity index (χ0v) is 33.6. The summed E-state index contributed by atoms with van der Waals surface area (Å²) in [6.07, 6.45) is 4.98. The molecule has 1 aliphatic heterocycles. The molecule has 0 N–H and O–H groups in total. The van der Waals surface area contributed by atoms with E-state index in [1.807, 2.05) is 65.2 Å². The van der Waals surface area contributed by atoms with Gasteiger partial charge in [0.25, 0.3) is 6.33 Å². The lowest BCUT2D eigenvalue weighted by Gasteiger charge is -2.19. The van der Waals surface area contributed by atoms with Gasteiger partial charge in [0, 0.05) is 31.3 Å². The molecule has 11 aromatic rings. The van der Waals surface area contributed by atoms with Crippen molar-refractivity contribution in [3.8, 4) is 62.1 Å². The first-order valence-corrected chi connectivity index (χ1v) is 21.8. The fourth-order valence-corrected chi connectivity index (χ4v) is 10.9. The summed E-state index contributed by atoms with van der Waals surface area (Å²) in [5.41, 5.74) is 4.08. The van der Waals surface area contributed by atoms with Crippen LogP contribution < -0.4 is 19.7 Å². The van der Waals surface area contributed by atoms with E-state index in [1.54, 1.807) is 94.2 Å². The van der Waals surface area contributed by atoms with Gasteiger partial charge in [0.15, 0.2) is 0 Å². The van der Waals surface area contributed by atoms with Crippen LogP contribution in [0.25, 0.3) is 83.4 Å². The molecular formula is C56H40N4OSi. The van der Waals surface area contributed by atoms with Crippen LogP contribution in [0, 0.1) is 6.33 Å². The van der Waals surface area contributed by atoms with Crippen LogP contribution in [0.2, 0.25) is 13.0 Å². The monoisotopic (exact) mass is 828 g/mol. The largest absolute Gasteiger partial charge is 0.458 e. The SMILES string of the molecule is [2H]c1c([2H])c([2H])c(-c2cccc(-c3c([2H])c([2H])c([2H])c([2H])c3[2H])c2-[n+]2[c-]n(-c3cccc(Oc4ccc5c6ccccc6n(-c6cc7c(cn6)-c6ccccc6[Si]7(C([2H])([2H])[2H])C([2H])([2H])[2H])c5c4)c3)c3ccccc32)c([2H])c1[2H]. The number of hydrogen-bond donors (Lipinski definition) is 0. The molecule has 0 amide bonds. The fraction of sp³-hybridized carbons (Fsp3) is 0.0357. The van der Waals surface area contributed by atoms with E-state index in [9.17, 15) is 0 Å². The molecule has 0 spiro atoms. The Balaban J connectivity index is 1.01. The van der Waals surface area contributed by atoms with Crippen molar-refractivity contribution in [2.75, 3.05) is 0 Å². The Morgan fingerprint density at radius 3 is 2.03 bits per heavy atom. The first-order chi connectivity index (χ1) is 37.1. The van der Waals surface area contributed by atoms with Crippen LogP contribution in [0.15, 0.2) is 206 Å². The van der Waals surface area contributed by atoms with Crippen LogP contribution in [0.1, 0.15) is 21.9 Å². The zero-order valence-electron chi connectivity index (χ0n) is 48.6. The molecule has 0 bridgehead atoms. The van der Waals surface area contributed by atoms with Crippen molar-refractivity contribution in [1.29, 1.82) is 0 Å². The molecule has 3 aromatic heterocycles. The predicted octanol–water partition coefficient (Wildman–Crippen LogP) is 12.1. The van der Waals surface area contributed by atoms with E-state index < -0.39 is 81.4 Å². The highest BCUT2D eigenvalue weighted by molar-refractivity contribution is 7.03. The third-order valence-corrected chi connectivity index (χ3v) is 13.9. The van der Waals surface area contributed by atoms with Gasteiger partial charge >= 0.3 is 0 Å². The van der Waals surface area contributed by atoms with E-state index >= 15 is 0 Å². The lowest BCUT2D eigenvalue weighted by Crippen LogP contribution is -2.49. The molecule has 8 aromatic carbocycles. The van der Waals surface area contributed by atoms with Gasteiger partial charge in [-0.2, -0.15) is 0 Å². The minimum Gasteiger partial charge on any atom is -0.458 e. The summed E-state index contributed by atoms with van der Waals surface area (Å²) in [5, 5.41) is 2.29. The lowest BCUT2D eigenvalue weighted by atomic mass is 9.95. The van der Waals surface area contributed by atoms with Crippen molar-refractivity contribution in [1.82, 2.24) is 14.1 Å². The first-order valence-electron chi connectivity index (χ1n) is 27.8. The molecule has 4 heterocycles. The summed E-state index contributed by atoms with van der Waals surface area (Å²) in [5.74, 6) is 1.15. The van der Waals surface area contributed by atoms with E-state index in [0.29, 0.717) is 55.9 Å². The molecule has 0 fully saturated rings. The number of pyridine rings is 1. The van der Waals surface area contributed by atoms with Crippen LogP contribution in [0.5, 0.6) is 11.5 Å². The third-order valence-electron chi connectivity index (χ3n) is 11.5. The molecule has 12 rings (SSSR count). The van der Waals surface area contributed by atoms with Crippen LogP contribution in [-0.2, 0) is 0 Å². The van der Waals surface area contributed by atoms with Crippen molar-refractivity contribution in [3.05, 3.63) is 212 Å². The number of rotatable bonds is 7. The molecule has 294 valence electrons. The number of fused-ring (bicyclic) bond motifs is 7. The summed E-state index contributed by atoms with van der Waals surface area (Å²) >= 11 is 0. The highest BCUT2D eigenvalue weighted by Crippen LogP contribution is 2.38. The van der Waals surface area contributed by atoms with Crippen molar-refractivity contribution in [2.45, 2.75) is 13.0 Å². The molecule has 0 saturated carbocycles. The van der Waals surface area contributed by atoms with Crippen molar-refractivity contribution >= 4 is 51.3 Å². The van der Waals surface area contributed by atoms with Gasteiger partial charge in [-0.15, -0.1) is 0 Å². The number of hydrogen-bond acceptors (Lipinski definition) is 2. The van der Waals surface area contributed by atoms with Crippen LogP contribution in [0.3, 0.4) is 0 Å². The Bertz CT molecular complexity index is 4220. The van der Waals surface area contributed by atoms with Gasteiger partial charge in [0.05, 0.1) is 47.1 Å². The van der Waals surface area contributed by atoms with Gasteiger partial charge < -0.3 is 4.74 Å². The standard InChI is InChI=1S/C56H40N4OSi/c1-62(2)53-30-14-10-24-47(53)48-36-57-55(35-54(48)62)60-49-27-11-9-23-45(49)46-32-31-42(34-52(46)60)61-41-22-15-21-40(33-41)58-37-59(51-29-13-12-28-50(51)58)56-43(38-17-5-3-6-18-38)25-16-26-44(56)39-19-7-4-8-20-39/h3-36H,1-2H3/i1D3,2D3,3D,4D,5D,6D,7D,8D,17D,18D,19D,20D. The van der Waals surface area contributed by atoms with Crippen LogP contribution >= 0.6 is 0 Å². The zero-order chi connectivity index (χ0) is 55.1. The Labute approximate surface area is 383 Å². The van der Waals surface area contributed by atoms with Gasteiger partial charge in [-0.1, -0.05) is 164 Å². The van der Waals surface area contributed by atoms with Crippen molar-refractivity contribution in [2.24, 2.45) is 0 Å². The molecule has 1 aliphatic rings. The third kappa shape index (κ3) is 5.68. The van der Waals surface area contributed by atoms with Crippen molar-refractivity contribution in [3.63, 3.8) is 0 Å². The molecule has 0 unspecified atom stereocenters. The molecule has 6 heteroatoms. The van der Waals surface area contributed by atoms with Gasteiger partial charge in [0.2, 0.25) is 0 Å². The molecule has 0 aliphatic carbocycles. The second kappa shape index (κ2) is 14.2. The van der Waals surface area contributed by atoms with E-state index in [0.717, 1.165) is 16.3 Å². The van der Waals surface area contributed by atoms with Gasteiger partial charge in [-0.3, -0.25) is 13.7 Å². The Kier molecular flexibility index (Phi) is 5.31.